The van der Waals surface area contributed by atoms with Gasteiger partial charge in [0.2, 0.25) is 0 Å². The van der Waals surface area contributed by atoms with E-state index in [2.05, 4.69) is 10.2 Å². The molecule has 3 heterocycles. The molecule has 2 aliphatic heterocycles. The van der Waals surface area contributed by atoms with E-state index in [1.54, 1.807) is 28.0 Å². The second-order valence-electron chi connectivity index (χ2n) is 7.40. The van der Waals surface area contributed by atoms with Crippen LogP contribution in [0.4, 0.5) is 16.2 Å². The zero-order valence-electron chi connectivity index (χ0n) is 16.3. The number of urea groups is 1. The Morgan fingerprint density at radius 3 is 2.34 bits per heavy atom. The molecule has 29 heavy (non-hydrogen) atoms. The Hall–Kier alpha value is -2.67. The van der Waals surface area contributed by atoms with Crippen LogP contribution in [0.2, 0.25) is 5.02 Å². The van der Waals surface area contributed by atoms with Gasteiger partial charge in [-0.1, -0.05) is 11.6 Å². The summed E-state index contributed by atoms with van der Waals surface area (Å²) in [5.74, 6) is 0.185. The molecule has 0 saturated carbocycles. The molecule has 0 radical (unpaired) electrons. The predicted molar refractivity (Wildman–Crippen MR) is 113 cm³/mol. The number of hydrogen-bond donors (Lipinski definition) is 1. The highest BCUT2D eigenvalue weighted by Crippen LogP contribution is 2.31. The fourth-order valence-corrected chi connectivity index (χ4v) is 4.05. The summed E-state index contributed by atoms with van der Waals surface area (Å²) in [5, 5.41) is 3.62. The van der Waals surface area contributed by atoms with Gasteiger partial charge < -0.3 is 24.4 Å². The normalized spacial score (nSPS) is 17.3. The van der Waals surface area contributed by atoms with Crippen molar-refractivity contribution in [3.8, 4) is 0 Å². The van der Waals surface area contributed by atoms with E-state index >= 15 is 0 Å². The predicted octanol–water partition coefficient (Wildman–Crippen LogP) is 3.91. The van der Waals surface area contributed by atoms with Crippen LogP contribution in [0.1, 0.15) is 29.8 Å². The highest BCUT2D eigenvalue weighted by Gasteiger charge is 2.27. The molecule has 2 aromatic rings. The molecule has 0 spiro atoms. The maximum atomic E-state index is 12.9. The van der Waals surface area contributed by atoms with E-state index in [9.17, 15) is 9.59 Å². The van der Waals surface area contributed by atoms with Gasteiger partial charge >= 0.3 is 6.03 Å². The smallest absolute Gasteiger partial charge is 0.322 e. The summed E-state index contributed by atoms with van der Waals surface area (Å²) in [4.78, 5) is 31.0. The first-order valence-corrected chi connectivity index (χ1v) is 10.4. The molecule has 3 amide bonds. The maximum Gasteiger partial charge on any atom is 0.322 e. The summed E-state index contributed by atoms with van der Waals surface area (Å²) >= 11 is 6.19. The van der Waals surface area contributed by atoms with Gasteiger partial charge in [0.15, 0.2) is 5.76 Å². The molecule has 1 aromatic carbocycles. The zero-order chi connectivity index (χ0) is 20.2. The molecule has 8 heteroatoms. The fraction of sp³-hybridized carbons (Fsp3) is 0.429. The Bertz CT molecular complexity index is 857. The van der Waals surface area contributed by atoms with Crippen LogP contribution in [-0.4, -0.2) is 61.0 Å². The number of rotatable bonds is 3. The van der Waals surface area contributed by atoms with E-state index in [0.717, 1.165) is 37.3 Å². The molecule has 2 fully saturated rings. The number of carbonyl (C=O) groups is 2. The first-order chi connectivity index (χ1) is 14.1. The molecule has 1 aromatic heterocycles. The minimum Gasteiger partial charge on any atom is -0.459 e. The van der Waals surface area contributed by atoms with Crippen LogP contribution in [0.25, 0.3) is 0 Å². The number of carbonyl (C=O) groups excluding carboxylic acids is 2. The van der Waals surface area contributed by atoms with E-state index in [4.69, 9.17) is 16.0 Å². The molecule has 0 bridgehead atoms. The molecule has 0 aliphatic carbocycles. The van der Waals surface area contributed by atoms with Gasteiger partial charge in [-0.05, 0) is 49.6 Å². The van der Waals surface area contributed by atoms with E-state index < -0.39 is 0 Å². The lowest BCUT2D eigenvalue weighted by Crippen LogP contribution is -2.51. The molecule has 154 valence electrons. The third-order valence-electron chi connectivity index (χ3n) is 5.48. The summed E-state index contributed by atoms with van der Waals surface area (Å²) in [6, 6.07) is 8.82. The third kappa shape index (κ3) is 4.50. The summed E-state index contributed by atoms with van der Waals surface area (Å²) in [7, 11) is 0. The van der Waals surface area contributed by atoms with Crippen molar-refractivity contribution in [1.29, 1.82) is 0 Å². The molecule has 0 atom stereocenters. The summed E-state index contributed by atoms with van der Waals surface area (Å²) in [6.07, 6.45) is 5.04. The quantitative estimate of drug-likeness (QED) is 0.823. The molecular formula is C21H25ClN4O3. The van der Waals surface area contributed by atoms with Gasteiger partial charge in [-0.3, -0.25) is 4.79 Å². The van der Waals surface area contributed by atoms with E-state index in [1.807, 2.05) is 12.1 Å². The Morgan fingerprint density at radius 1 is 0.931 bits per heavy atom. The van der Waals surface area contributed by atoms with Crippen LogP contribution in [0.5, 0.6) is 0 Å². The number of piperidine rings is 1. The Kier molecular flexibility index (Phi) is 5.94. The summed E-state index contributed by atoms with van der Waals surface area (Å²) in [6.45, 7) is 3.86. The lowest BCUT2D eigenvalue weighted by atomic mass is 10.1. The van der Waals surface area contributed by atoms with Gasteiger partial charge in [-0.15, -0.1) is 0 Å². The van der Waals surface area contributed by atoms with Crippen LogP contribution < -0.4 is 10.2 Å². The molecule has 4 rings (SSSR count). The number of nitrogens with one attached hydrogen (secondary N) is 1. The van der Waals surface area contributed by atoms with Gasteiger partial charge in [-0.2, -0.15) is 0 Å². The van der Waals surface area contributed by atoms with Crippen molar-refractivity contribution in [3.63, 3.8) is 0 Å². The Labute approximate surface area is 175 Å². The summed E-state index contributed by atoms with van der Waals surface area (Å²) in [5.41, 5.74) is 1.74. The molecular weight excluding hydrogens is 392 g/mol. The number of amides is 3. The standard InChI is InChI=1S/C21H25ClN4O3/c22-16-6-7-18(24-8-2-1-3-9-24)17(15-16)23-21(28)26-12-10-25(11-13-26)20(27)19-5-4-14-29-19/h4-7,14-15H,1-3,8-13H2,(H,23,28). The van der Waals surface area contributed by atoms with Gasteiger partial charge in [0.25, 0.3) is 5.91 Å². The molecule has 2 aliphatic rings. The number of nitrogens with zero attached hydrogens (tertiary/aromatic N) is 3. The minimum absolute atomic E-state index is 0.141. The van der Waals surface area contributed by atoms with Crippen molar-refractivity contribution in [1.82, 2.24) is 9.80 Å². The number of halogens is 1. The number of furan rings is 1. The fourth-order valence-electron chi connectivity index (χ4n) is 3.88. The van der Waals surface area contributed by atoms with Crippen LogP contribution >= 0.6 is 11.6 Å². The Morgan fingerprint density at radius 2 is 1.66 bits per heavy atom. The number of piperazine rings is 1. The van der Waals surface area contributed by atoms with E-state index in [-0.39, 0.29) is 11.9 Å². The van der Waals surface area contributed by atoms with Crippen LogP contribution in [0, 0.1) is 0 Å². The van der Waals surface area contributed by atoms with Crippen molar-refractivity contribution >= 4 is 34.9 Å². The van der Waals surface area contributed by atoms with Gasteiger partial charge in [-0.25, -0.2) is 4.79 Å². The highest BCUT2D eigenvalue weighted by molar-refractivity contribution is 6.31. The van der Waals surface area contributed by atoms with Crippen molar-refractivity contribution in [3.05, 3.63) is 47.4 Å². The number of hydrogen-bond acceptors (Lipinski definition) is 4. The first kappa shape index (κ1) is 19.6. The van der Waals surface area contributed by atoms with Crippen molar-refractivity contribution < 1.29 is 14.0 Å². The van der Waals surface area contributed by atoms with Gasteiger partial charge in [0.1, 0.15) is 0 Å². The van der Waals surface area contributed by atoms with Crippen molar-refractivity contribution in [2.75, 3.05) is 49.5 Å². The topological polar surface area (TPSA) is 69.0 Å². The molecule has 2 saturated heterocycles. The van der Waals surface area contributed by atoms with Crippen LogP contribution in [0.3, 0.4) is 0 Å². The number of anilines is 2. The van der Waals surface area contributed by atoms with Gasteiger partial charge in [0.05, 0.1) is 17.6 Å². The lowest BCUT2D eigenvalue weighted by molar-refractivity contribution is 0.0640. The van der Waals surface area contributed by atoms with Crippen LogP contribution in [0.15, 0.2) is 41.0 Å². The molecule has 1 N–H and O–H groups in total. The monoisotopic (exact) mass is 416 g/mol. The SMILES string of the molecule is O=C(Nc1cc(Cl)ccc1N1CCCCC1)N1CCN(C(=O)c2ccco2)CC1. The molecule has 7 nitrogen and oxygen atoms in total. The summed E-state index contributed by atoms with van der Waals surface area (Å²) < 4.78 is 5.18. The average Bonchev–Trinajstić information content (AvgIpc) is 3.29. The second-order valence-corrected chi connectivity index (χ2v) is 7.83. The second kappa shape index (κ2) is 8.78. The zero-order valence-corrected chi connectivity index (χ0v) is 17.0. The largest absolute Gasteiger partial charge is 0.459 e. The molecule has 0 unspecified atom stereocenters. The van der Waals surface area contributed by atoms with Crippen molar-refractivity contribution in [2.45, 2.75) is 19.3 Å². The average molecular weight is 417 g/mol. The van der Waals surface area contributed by atoms with Gasteiger partial charge in [0, 0.05) is 44.3 Å². The van der Waals surface area contributed by atoms with Crippen molar-refractivity contribution in [2.24, 2.45) is 0 Å². The third-order valence-corrected chi connectivity index (χ3v) is 5.72. The Balaban J connectivity index is 1.39. The maximum absolute atomic E-state index is 12.9. The minimum atomic E-state index is -0.171. The van der Waals surface area contributed by atoms with E-state index in [1.165, 1.54) is 12.7 Å². The first-order valence-electron chi connectivity index (χ1n) is 10.0. The number of benzene rings is 1. The van der Waals surface area contributed by atoms with E-state index in [0.29, 0.717) is 37.0 Å². The highest BCUT2D eigenvalue weighted by atomic mass is 35.5. The van der Waals surface area contributed by atoms with Crippen LogP contribution in [-0.2, 0) is 0 Å². The lowest BCUT2D eigenvalue weighted by Gasteiger charge is -2.35.